The van der Waals surface area contributed by atoms with Gasteiger partial charge in [-0.15, -0.1) is 11.3 Å². The van der Waals surface area contributed by atoms with Gasteiger partial charge in [0.25, 0.3) is 5.91 Å². The number of hydrogen-bond donors (Lipinski definition) is 2. The summed E-state index contributed by atoms with van der Waals surface area (Å²) in [7, 11) is 0. The Labute approximate surface area is 118 Å². The number of aromatic hydroxyl groups is 1. The van der Waals surface area contributed by atoms with Gasteiger partial charge >= 0.3 is 0 Å². The van der Waals surface area contributed by atoms with Gasteiger partial charge in [-0.05, 0) is 36.1 Å². The molecule has 0 radical (unpaired) electrons. The molecule has 1 heterocycles. The molecule has 0 atom stereocenters. The van der Waals surface area contributed by atoms with Gasteiger partial charge in [-0.1, -0.05) is 23.2 Å². The summed E-state index contributed by atoms with van der Waals surface area (Å²) in [5, 5.41) is 14.1. The van der Waals surface area contributed by atoms with Crippen molar-refractivity contribution in [3.63, 3.8) is 0 Å². The molecule has 0 bridgehead atoms. The van der Waals surface area contributed by atoms with Gasteiger partial charge in [0.05, 0.1) is 14.9 Å². The summed E-state index contributed by atoms with van der Waals surface area (Å²) in [5.41, 5.74) is 1.36. The smallest absolute Gasteiger partial charge is 0.265 e. The van der Waals surface area contributed by atoms with Gasteiger partial charge in [0.15, 0.2) is 5.75 Å². The van der Waals surface area contributed by atoms with E-state index in [1.165, 1.54) is 23.5 Å². The Hall–Kier alpha value is -1.23. The number of nitrogens with one attached hydrogen (secondary N) is 1. The van der Waals surface area contributed by atoms with Crippen LogP contribution < -0.4 is 5.32 Å². The molecule has 3 nitrogen and oxygen atoms in total. The first-order valence-electron chi connectivity index (χ1n) is 5.02. The Morgan fingerprint density at radius 1 is 1.33 bits per heavy atom. The number of carbonyl (C=O) groups excluding carboxylic acids is 1. The van der Waals surface area contributed by atoms with Crippen molar-refractivity contribution in [2.45, 2.75) is 6.92 Å². The minimum atomic E-state index is -0.222. The van der Waals surface area contributed by atoms with Crippen LogP contribution in [-0.4, -0.2) is 11.0 Å². The number of thiophene rings is 1. The summed E-state index contributed by atoms with van der Waals surface area (Å²) in [6.45, 7) is 1.86. The predicted octanol–water partition coefficient (Wildman–Crippen LogP) is 4.32. The van der Waals surface area contributed by atoms with Gasteiger partial charge in [-0.25, -0.2) is 0 Å². The molecule has 18 heavy (non-hydrogen) atoms. The summed E-state index contributed by atoms with van der Waals surface area (Å²) in [5.74, 6) is -0.413. The van der Waals surface area contributed by atoms with Crippen molar-refractivity contribution in [2.75, 3.05) is 5.32 Å². The lowest BCUT2D eigenvalue weighted by Crippen LogP contribution is -2.11. The topological polar surface area (TPSA) is 49.3 Å². The van der Waals surface area contributed by atoms with Crippen LogP contribution in [0.2, 0.25) is 10.0 Å². The Kier molecular flexibility index (Phi) is 3.80. The normalized spacial score (nSPS) is 10.4. The van der Waals surface area contributed by atoms with Gasteiger partial charge in [0.1, 0.15) is 0 Å². The number of halogens is 2. The molecule has 0 spiro atoms. The summed E-state index contributed by atoms with van der Waals surface area (Å²) >= 11 is 12.9. The van der Waals surface area contributed by atoms with E-state index >= 15 is 0 Å². The quantitative estimate of drug-likeness (QED) is 0.812. The maximum absolute atomic E-state index is 12.0. The maximum Gasteiger partial charge on any atom is 0.265 e. The van der Waals surface area contributed by atoms with Gasteiger partial charge in [-0.2, -0.15) is 0 Å². The SMILES string of the molecule is Cc1ccsc1C(=O)Nc1cc(Cl)c(O)c(Cl)c1. The zero-order valence-corrected chi connectivity index (χ0v) is 11.7. The van der Waals surface area contributed by atoms with E-state index in [9.17, 15) is 9.90 Å². The zero-order valence-electron chi connectivity index (χ0n) is 9.33. The highest BCUT2D eigenvalue weighted by Crippen LogP contribution is 2.34. The van der Waals surface area contributed by atoms with Crippen LogP contribution in [-0.2, 0) is 0 Å². The number of amides is 1. The molecule has 0 aliphatic rings. The molecule has 0 aliphatic carbocycles. The van der Waals surface area contributed by atoms with Gasteiger partial charge in [-0.3, -0.25) is 4.79 Å². The van der Waals surface area contributed by atoms with Crippen LogP contribution in [0.1, 0.15) is 15.2 Å². The zero-order chi connectivity index (χ0) is 13.3. The van der Waals surface area contributed by atoms with Gasteiger partial charge in [0.2, 0.25) is 0 Å². The monoisotopic (exact) mass is 301 g/mol. The molecule has 1 aromatic carbocycles. The number of carbonyl (C=O) groups is 1. The molecule has 0 saturated carbocycles. The van der Waals surface area contributed by atoms with E-state index in [0.717, 1.165) is 5.56 Å². The van der Waals surface area contributed by atoms with Crippen LogP contribution >= 0.6 is 34.5 Å². The lowest BCUT2D eigenvalue weighted by Gasteiger charge is -2.07. The van der Waals surface area contributed by atoms with Crippen LogP contribution in [0.3, 0.4) is 0 Å². The molecule has 6 heteroatoms. The largest absolute Gasteiger partial charge is 0.505 e. The molecule has 0 saturated heterocycles. The molecule has 0 aliphatic heterocycles. The number of phenolic OH excluding ortho intramolecular Hbond substituents is 1. The van der Waals surface area contributed by atoms with Crippen LogP contribution in [0, 0.1) is 6.92 Å². The lowest BCUT2D eigenvalue weighted by molar-refractivity contribution is 0.103. The number of anilines is 1. The lowest BCUT2D eigenvalue weighted by atomic mass is 10.2. The fourth-order valence-corrected chi connectivity index (χ4v) is 2.74. The van der Waals surface area contributed by atoms with E-state index in [0.29, 0.717) is 10.6 Å². The average Bonchev–Trinajstić information content (AvgIpc) is 2.72. The number of hydrogen-bond acceptors (Lipinski definition) is 3. The number of rotatable bonds is 2. The first kappa shape index (κ1) is 13.2. The molecule has 94 valence electrons. The first-order valence-corrected chi connectivity index (χ1v) is 6.66. The second kappa shape index (κ2) is 5.18. The Balaban J connectivity index is 2.25. The van der Waals surface area contributed by atoms with E-state index in [1.54, 1.807) is 0 Å². The third kappa shape index (κ3) is 2.61. The maximum atomic E-state index is 12.0. The van der Waals surface area contributed by atoms with Crippen molar-refractivity contribution in [1.82, 2.24) is 0 Å². The van der Waals surface area contributed by atoms with Crippen LogP contribution in [0.25, 0.3) is 0 Å². The van der Waals surface area contributed by atoms with E-state index < -0.39 is 0 Å². The average molecular weight is 302 g/mol. The molecule has 2 N–H and O–H groups in total. The van der Waals surface area contributed by atoms with Gasteiger partial charge in [0, 0.05) is 5.69 Å². The second-order valence-corrected chi connectivity index (χ2v) is 5.41. The second-order valence-electron chi connectivity index (χ2n) is 3.68. The Morgan fingerprint density at radius 2 is 1.94 bits per heavy atom. The van der Waals surface area contributed by atoms with Crippen molar-refractivity contribution in [3.8, 4) is 5.75 Å². The highest BCUT2D eigenvalue weighted by atomic mass is 35.5. The molecule has 0 unspecified atom stereocenters. The number of aryl methyl sites for hydroxylation is 1. The third-order valence-corrected chi connectivity index (χ3v) is 3.93. The highest BCUT2D eigenvalue weighted by Gasteiger charge is 2.13. The summed E-state index contributed by atoms with van der Waals surface area (Å²) in [4.78, 5) is 12.6. The Bertz CT molecular complexity index is 587. The molecule has 1 amide bonds. The van der Waals surface area contributed by atoms with E-state index in [4.69, 9.17) is 23.2 Å². The van der Waals surface area contributed by atoms with Crippen molar-refractivity contribution in [2.24, 2.45) is 0 Å². The number of benzene rings is 1. The standard InChI is InChI=1S/C12H9Cl2NO2S/c1-6-2-3-18-11(6)12(17)15-7-4-8(13)10(16)9(14)5-7/h2-5,16H,1H3,(H,15,17). The number of phenols is 1. The summed E-state index contributed by atoms with van der Waals surface area (Å²) in [6, 6.07) is 4.77. The minimum absolute atomic E-state index is 0.0979. The van der Waals surface area contributed by atoms with Crippen LogP contribution in [0.4, 0.5) is 5.69 Å². The molecular weight excluding hydrogens is 293 g/mol. The molecule has 2 aromatic rings. The molecule has 0 fully saturated rings. The van der Waals surface area contributed by atoms with Crippen molar-refractivity contribution >= 4 is 46.1 Å². The fourth-order valence-electron chi connectivity index (χ4n) is 1.43. The van der Waals surface area contributed by atoms with Crippen molar-refractivity contribution in [1.29, 1.82) is 0 Å². The molecule has 2 rings (SSSR count). The summed E-state index contributed by atoms with van der Waals surface area (Å²) < 4.78 is 0. The minimum Gasteiger partial charge on any atom is -0.505 e. The van der Waals surface area contributed by atoms with E-state index in [2.05, 4.69) is 5.32 Å². The van der Waals surface area contributed by atoms with E-state index in [1.807, 2.05) is 18.4 Å². The van der Waals surface area contributed by atoms with E-state index in [-0.39, 0.29) is 21.7 Å². The van der Waals surface area contributed by atoms with Crippen LogP contribution in [0.5, 0.6) is 5.75 Å². The third-order valence-electron chi connectivity index (χ3n) is 2.34. The molecule has 1 aromatic heterocycles. The van der Waals surface area contributed by atoms with Crippen molar-refractivity contribution in [3.05, 3.63) is 44.1 Å². The van der Waals surface area contributed by atoms with Crippen LogP contribution in [0.15, 0.2) is 23.6 Å². The first-order chi connectivity index (χ1) is 8.49. The van der Waals surface area contributed by atoms with Gasteiger partial charge < -0.3 is 10.4 Å². The molecular formula is C12H9Cl2NO2S. The Morgan fingerprint density at radius 3 is 2.44 bits per heavy atom. The predicted molar refractivity (Wildman–Crippen MR) is 75.1 cm³/mol. The van der Waals surface area contributed by atoms with Crippen molar-refractivity contribution < 1.29 is 9.90 Å². The fraction of sp³-hybridized carbons (Fsp3) is 0.0833. The highest BCUT2D eigenvalue weighted by molar-refractivity contribution is 7.12. The summed E-state index contributed by atoms with van der Waals surface area (Å²) in [6.07, 6.45) is 0.